The molecule has 0 aromatic carbocycles. The predicted octanol–water partition coefficient (Wildman–Crippen LogP) is 1.84. The Morgan fingerprint density at radius 2 is 2.27 bits per heavy atom. The van der Waals surface area contributed by atoms with Crippen LogP contribution >= 0.6 is 0 Å². The maximum atomic E-state index is 13.3. The van der Waals surface area contributed by atoms with Crippen molar-refractivity contribution in [3.05, 3.63) is 81.5 Å². The van der Waals surface area contributed by atoms with Gasteiger partial charge in [-0.1, -0.05) is 13.0 Å². The molecule has 2 N–H and O–H groups in total. The van der Waals surface area contributed by atoms with Crippen LogP contribution in [0.1, 0.15) is 46.0 Å². The smallest absolute Gasteiger partial charge is 0.254 e. The number of aryl methyl sites for hydroxylation is 1. The molecule has 4 heterocycles. The van der Waals surface area contributed by atoms with Gasteiger partial charge in [-0.25, -0.2) is 4.98 Å². The van der Waals surface area contributed by atoms with E-state index in [2.05, 4.69) is 19.9 Å². The molecule has 26 heavy (non-hydrogen) atoms. The SMILES string of the molecule is CCc1cc(C(=O)N2CCc3[nH]cnc3C2c2cccnc2)cc(=O)[nH]1. The highest BCUT2D eigenvalue weighted by Gasteiger charge is 2.34. The van der Waals surface area contributed by atoms with Gasteiger partial charge in [0, 0.05) is 48.4 Å². The second-order valence-corrected chi connectivity index (χ2v) is 6.32. The van der Waals surface area contributed by atoms with Crippen molar-refractivity contribution < 1.29 is 4.79 Å². The summed E-state index contributed by atoms with van der Waals surface area (Å²) in [4.78, 5) is 41.5. The molecule has 0 aliphatic carbocycles. The number of amides is 1. The van der Waals surface area contributed by atoms with Gasteiger partial charge in [-0.2, -0.15) is 0 Å². The normalized spacial score (nSPS) is 16.3. The average molecular weight is 349 g/mol. The minimum atomic E-state index is -0.324. The molecule has 7 nitrogen and oxygen atoms in total. The molecular formula is C19H19N5O2. The fraction of sp³-hybridized carbons (Fsp3) is 0.263. The molecular weight excluding hydrogens is 330 g/mol. The van der Waals surface area contributed by atoms with E-state index in [-0.39, 0.29) is 17.5 Å². The van der Waals surface area contributed by atoms with Gasteiger partial charge < -0.3 is 14.9 Å². The Kier molecular flexibility index (Phi) is 4.12. The van der Waals surface area contributed by atoms with Crippen LogP contribution < -0.4 is 5.56 Å². The lowest BCUT2D eigenvalue weighted by Crippen LogP contribution is -2.41. The van der Waals surface area contributed by atoms with Crippen LogP contribution in [0.5, 0.6) is 0 Å². The molecule has 1 unspecified atom stereocenters. The largest absolute Gasteiger partial charge is 0.348 e. The van der Waals surface area contributed by atoms with Crippen molar-refractivity contribution in [2.45, 2.75) is 25.8 Å². The van der Waals surface area contributed by atoms with Gasteiger partial charge >= 0.3 is 0 Å². The van der Waals surface area contributed by atoms with Crippen molar-refractivity contribution in [1.82, 2.24) is 24.8 Å². The first-order valence-electron chi connectivity index (χ1n) is 8.63. The fourth-order valence-corrected chi connectivity index (χ4v) is 3.45. The topological polar surface area (TPSA) is 94.7 Å². The first-order chi connectivity index (χ1) is 12.7. The van der Waals surface area contributed by atoms with E-state index in [1.54, 1.807) is 29.7 Å². The molecule has 7 heteroatoms. The first kappa shape index (κ1) is 16.3. The number of carbonyl (C=O) groups excluding carboxylic acids is 1. The van der Waals surface area contributed by atoms with Gasteiger partial charge in [0.2, 0.25) is 5.56 Å². The second kappa shape index (κ2) is 6.59. The zero-order valence-corrected chi connectivity index (χ0v) is 14.4. The van der Waals surface area contributed by atoms with Crippen LogP contribution in [0.25, 0.3) is 0 Å². The van der Waals surface area contributed by atoms with Gasteiger partial charge in [-0.15, -0.1) is 0 Å². The highest BCUT2D eigenvalue weighted by Crippen LogP contribution is 2.33. The molecule has 1 amide bonds. The summed E-state index contributed by atoms with van der Waals surface area (Å²) in [5, 5.41) is 0. The third-order valence-electron chi connectivity index (χ3n) is 4.71. The maximum absolute atomic E-state index is 13.3. The number of imidazole rings is 1. The zero-order valence-electron chi connectivity index (χ0n) is 14.4. The highest BCUT2D eigenvalue weighted by molar-refractivity contribution is 5.95. The highest BCUT2D eigenvalue weighted by atomic mass is 16.2. The van der Waals surface area contributed by atoms with Crippen molar-refractivity contribution in [3.63, 3.8) is 0 Å². The van der Waals surface area contributed by atoms with Crippen LogP contribution in [0.3, 0.4) is 0 Å². The van der Waals surface area contributed by atoms with Crippen LogP contribution in [0.2, 0.25) is 0 Å². The van der Waals surface area contributed by atoms with Gasteiger partial charge in [-0.3, -0.25) is 14.6 Å². The summed E-state index contributed by atoms with van der Waals surface area (Å²) < 4.78 is 0. The summed E-state index contributed by atoms with van der Waals surface area (Å²) in [6.07, 6.45) is 6.47. The third-order valence-corrected chi connectivity index (χ3v) is 4.71. The number of hydrogen-bond donors (Lipinski definition) is 2. The standard InChI is InChI=1S/C19H19N5O2/c1-2-14-8-13(9-16(25)23-14)19(26)24-7-5-15-17(22-11-21-15)18(24)12-4-3-6-20-10-12/h3-4,6,8-11,18H,2,5,7H2,1H3,(H,21,22)(H,23,25). The summed E-state index contributed by atoms with van der Waals surface area (Å²) in [5.74, 6) is -0.173. The van der Waals surface area contributed by atoms with Crippen LogP contribution in [0, 0.1) is 0 Å². The lowest BCUT2D eigenvalue weighted by Gasteiger charge is -2.35. The number of hydrogen-bond acceptors (Lipinski definition) is 4. The first-order valence-corrected chi connectivity index (χ1v) is 8.63. The van der Waals surface area contributed by atoms with Gasteiger partial charge in [0.15, 0.2) is 0 Å². The van der Waals surface area contributed by atoms with E-state index in [4.69, 9.17) is 0 Å². The Bertz CT molecular complexity index is 992. The van der Waals surface area contributed by atoms with Crippen molar-refractivity contribution in [2.24, 2.45) is 0 Å². The molecule has 0 fully saturated rings. The number of fused-ring (bicyclic) bond motifs is 1. The zero-order chi connectivity index (χ0) is 18.1. The molecule has 4 rings (SSSR count). The van der Waals surface area contributed by atoms with Gasteiger partial charge in [-0.05, 0) is 24.1 Å². The van der Waals surface area contributed by atoms with E-state index < -0.39 is 0 Å². The molecule has 0 saturated heterocycles. The quantitative estimate of drug-likeness (QED) is 0.754. The molecule has 3 aromatic heterocycles. The number of aromatic amines is 2. The lowest BCUT2D eigenvalue weighted by atomic mass is 9.96. The van der Waals surface area contributed by atoms with E-state index in [0.29, 0.717) is 24.9 Å². The van der Waals surface area contributed by atoms with Crippen LogP contribution in [-0.2, 0) is 12.8 Å². The number of H-pyrrole nitrogens is 2. The maximum Gasteiger partial charge on any atom is 0.254 e. The van der Waals surface area contributed by atoms with Gasteiger partial charge in [0.05, 0.1) is 12.0 Å². The molecule has 3 aromatic rings. The molecule has 0 spiro atoms. The van der Waals surface area contributed by atoms with E-state index in [1.807, 2.05) is 19.1 Å². The van der Waals surface area contributed by atoms with Gasteiger partial charge in [0.1, 0.15) is 6.04 Å². The van der Waals surface area contributed by atoms with E-state index in [1.165, 1.54) is 6.07 Å². The minimum absolute atomic E-state index is 0.173. The average Bonchev–Trinajstić information content (AvgIpc) is 3.15. The summed E-state index contributed by atoms with van der Waals surface area (Å²) in [6.45, 7) is 2.48. The van der Waals surface area contributed by atoms with E-state index in [9.17, 15) is 9.59 Å². The molecule has 1 aliphatic heterocycles. The van der Waals surface area contributed by atoms with Crippen molar-refractivity contribution >= 4 is 5.91 Å². The summed E-state index contributed by atoms with van der Waals surface area (Å²) in [5.41, 5.74) is 3.65. The number of carbonyl (C=O) groups is 1. The van der Waals surface area contributed by atoms with Crippen molar-refractivity contribution in [1.29, 1.82) is 0 Å². The molecule has 1 aliphatic rings. The summed E-state index contributed by atoms with van der Waals surface area (Å²) in [7, 11) is 0. The second-order valence-electron chi connectivity index (χ2n) is 6.32. The summed E-state index contributed by atoms with van der Waals surface area (Å²) in [6, 6.07) is 6.58. The monoisotopic (exact) mass is 349 g/mol. The van der Waals surface area contributed by atoms with Crippen LogP contribution in [0.15, 0.2) is 47.8 Å². The Balaban J connectivity index is 1.78. The number of nitrogens with zero attached hydrogens (tertiary/aromatic N) is 3. The number of aromatic nitrogens is 4. The Labute approximate surface area is 150 Å². The minimum Gasteiger partial charge on any atom is -0.348 e. The van der Waals surface area contributed by atoms with E-state index >= 15 is 0 Å². The Hall–Kier alpha value is -3.22. The summed E-state index contributed by atoms with van der Waals surface area (Å²) >= 11 is 0. The number of pyridine rings is 2. The van der Waals surface area contributed by atoms with Gasteiger partial charge in [0.25, 0.3) is 5.91 Å². The van der Waals surface area contributed by atoms with Crippen molar-refractivity contribution in [3.8, 4) is 0 Å². The lowest BCUT2D eigenvalue weighted by molar-refractivity contribution is 0.0690. The Morgan fingerprint density at radius 1 is 1.38 bits per heavy atom. The Morgan fingerprint density at radius 3 is 3.04 bits per heavy atom. The van der Waals surface area contributed by atoms with Crippen LogP contribution in [-0.4, -0.2) is 37.3 Å². The van der Waals surface area contributed by atoms with E-state index in [0.717, 1.165) is 22.6 Å². The molecule has 1 atom stereocenters. The predicted molar refractivity (Wildman–Crippen MR) is 95.8 cm³/mol. The molecule has 0 saturated carbocycles. The molecule has 0 bridgehead atoms. The molecule has 0 radical (unpaired) electrons. The van der Waals surface area contributed by atoms with Crippen molar-refractivity contribution in [2.75, 3.05) is 6.54 Å². The molecule has 132 valence electrons. The third kappa shape index (κ3) is 2.81. The number of nitrogens with one attached hydrogen (secondary N) is 2. The fourth-order valence-electron chi connectivity index (χ4n) is 3.45. The number of rotatable bonds is 3. The van der Waals surface area contributed by atoms with Crippen LogP contribution in [0.4, 0.5) is 0 Å².